The maximum absolute atomic E-state index is 12.4. The lowest BCUT2D eigenvalue weighted by molar-refractivity contribution is -0.129. The first-order chi connectivity index (χ1) is 10.0. The normalized spacial score (nSPS) is 22.1. The van der Waals surface area contributed by atoms with Gasteiger partial charge in [0.1, 0.15) is 11.9 Å². The molecule has 0 bridgehead atoms. The Kier molecular flexibility index (Phi) is 5.23. The molecule has 1 N–H and O–H groups in total. The lowest BCUT2D eigenvalue weighted by Gasteiger charge is -2.26. The summed E-state index contributed by atoms with van der Waals surface area (Å²) in [5, 5.41) is 3.38. The zero-order valence-electron chi connectivity index (χ0n) is 13.4. The Morgan fingerprint density at radius 1 is 1.33 bits per heavy atom. The highest BCUT2D eigenvalue weighted by Gasteiger charge is 2.37. The number of para-hydroxylation sites is 1. The second-order valence-corrected chi connectivity index (χ2v) is 6.10. The van der Waals surface area contributed by atoms with Crippen LogP contribution >= 0.6 is 0 Å². The van der Waals surface area contributed by atoms with Gasteiger partial charge >= 0.3 is 0 Å². The summed E-state index contributed by atoms with van der Waals surface area (Å²) < 4.78 is 5.44. The van der Waals surface area contributed by atoms with E-state index >= 15 is 0 Å². The fourth-order valence-electron chi connectivity index (χ4n) is 2.83. The van der Waals surface area contributed by atoms with Gasteiger partial charge in [0.15, 0.2) is 0 Å². The van der Waals surface area contributed by atoms with Crippen LogP contribution in [0.15, 0.2) is 24.3 Å². The van der Waals surface area contributed by atoms with E-state index in [-0.39, 0.29) is 18.1 Å². The fourth-order valence-corrected chi connectivity index (χ4v) is 2.83. The Labute approximate surface area is 127 Å². The van der Waals surface area contributed by atoms with Crippen molar-refractivity contribution >= 4 is 5.91 Å². The number of benzene rings is 1. The van der Waals surface area contributed by atoms with Crippen LogP contribution in [0.2, 0.25) is 0 Å². The summed E-state index contributed by atoms with van der Waals surface area (Å²) in [6, 6.07) is 7.76. The minimum absolute atomic E-state index is 0.0872. The Morgan fingerprint density at radius 2 is 2.05 bits per heavy atom. The SMILES string of the molecule is COc1ccccc1C1NC(C)C(=O)N1CCCC(C)C. The van der Waals surface area contributed by atoms with E-state index in [4.69, 9.17) is 4.74 Å². The highest BCUT2D eigenvalue weighted by molar-refractivity contribution is 5.84. The second-order valence-electron chi connectivity index (χ2n) is 6.10. The van der Waals surface area contributed by atoms with Gasteiger partial charge in [-0.3, -0.25) is 10.1 Å². The molecule has 1 saturated heterocycles. The number of hydrogen-bond donors (Lipinski definition) is 1. The van der Waals surface area contributed by atoms with Crippen molar-refractivity contribution in [2.45, 2.75) is 45.8 Å². The molecule has 0 aromatic heterocycles. The fraction of sp³-hybridized carbons (Fsp3) is 0.588. The molecule has 1 aromatic carbocycles. The predicted molar refractivity (Wildman–Crippen MR) is 84.1 cm³/mol. The van der Waals surface area contributed by atoms with E-state index in [9.17, 15) is 4.79 Å². The summed E-state index contributed by atoms with van der Waals surface area (Å²) in [7, 11) is 1.67. The number of carbonyl (C=O) groups is 1. The van der Waals surface area contributed by atoms with Crippen LogP contribution in [0.4, 0.5) is 0 Å². The molecule has 2 atom stereocenters. The lowest BCUT2D eigenvalue weighted by Crippen LogP contribution is -2.32. The number of ether oxygens (including phenoxy) is 1. The van der Waals surface area contributed by atoms with Crippen molar-refractivity contribution in [2.75, 3.05) is 13.7 Å². The van der Waals surface area contributed by atoms with E-state index < -0.39 is 0 Å². The van der Waals surface area contributed by atoms with Gasteiger partial charge < -0.3 is 9.64 Å². The highest BCUT2D eigenvalue weighted by Crippen LogP contribution is 2.32. The summed E-state index contributed by atoms with van der Waals surface area (Å²) in [6.45, 7) is 7.14. The van der Waals surface area contributed by atoms with Crippen molar-refractivity contribution in [3.63, 3.8) is 0 Å². The van der Waals surface area contributed by atoms with Crippen molar-refractivity contribution in [1.82, 2.24) is 10.2 Å². The second kappa shape index (κ2) is 6.94. The first-order valence-electron chi connectivity index (χ1n) is 7.74. The molecule has 2 rings (SSSR count). The van der Waals surface area contributed by atoms with E-state index in [1.54, 1.807) is 7.11 Å². The third-order valence-electron chi connectivity index (χ3n) is 3.99. The third-order valence-corrected chi connectivity index (χ3v) is 3.99. The average molecular weight is 290 g/mol. The van der Waals surface area contributed by atoms with Crippen molar-refractivity contribution < 1.29 is 9.53 Å². The van der Waals surface area contributed by atoms with E-state index in [1.807, 2.05) is 36.1 Å². The monoisotopic (exact) mass is 290 g/mol. The van der Waals surface area contributed by atoms with Crippen LogP contribution in [0, 0.1) is 5.92 Å². The minimum atomic E-state index is -0.140. The molecule has 0 spiro atoms. The number of rotatable bonds is 6. The molecular formula is C17H26N2O2. The molecule has 1 aliphatic heterocycles. The quantitative estimate of drug-likeness (QED) is 0.876. The largest absolute Gasteiger partial charge is 0.496 e. The topological polar surface area (TPSA) is 41.6 Å². The molecule has 1 aromatic rings. The standard InChI is InChI=1S/C17H26N2O2/c1-12(2)8-7-11-19-16(18-13(3)17(19)20)14-9-5-6-10-15(14)21-4/h5-6,9-10,12-13,16,18H,7-8,11H2,1-4H3. The zero-order chi connectivity index (χ0) is 15.4. The van der Waals surface area contributed by atoms with E-state index in [0.29, 0.717) is 5.92 Å². The van der Waals surface area contributed by atoms with Crippen LogP contribution < -0.4 is 10.1 Å². The minimum Gasteiger partial charge on any atom is -0.496 e. The molecule has 2 unspecified atom stereocenters. The number of carbonyl (C=O) groups excluding carboxylic acids is 1. The van der Waals surface area contributed by atoms with Crippen molar-refractivity contribution in [1.29, 1.82) is 0 Å². The van der Waals surface area contributed by atoms with Gasteiger partial charge in [0.05, 0.1) is 13.2 Å². The molecule has 1 heterocycles. The average Bonchev–Trinajstić information content (AvgIpc) is 2.75. The van der Waals surface area contributed by atoms with Crippen LogP contribution in [-0.2, 0) is 4.79 Å². The molecule has 0 saturated carbocycles. The molecule has 116 valence electrons. The summed E-state index contributed by atoms with van der Waals surface area (Å²) in [5.74, 6) is 1.67. The lowest BCUT2D eigenvalue weighted by atomic mass is 10.1. The number of hydrogen-bond acceptors (Lipinski definition) is 3. The Balaban J connectivity index is 2.17. The molecule has 21 heavy (non-hydrogen) atoms. The van der Waals surface area contributed by atoms with Gasteiger partial charge in [-0.2, -0.15) is 0 Å². The van der Waals surface area contributed by atoms with Crippen molar-refractivity contribution in [3.8, 4) is 5.75 Å². The molecule has 4 nitrogen and oxygen atoms in total. The van der Waals surface area contributed by atoms with Crippen molar-refractivity contribution in [3.05, 3.63) is 29.8 Å². The maximum Gasteiger partial charge on any atom is 0.241 e. The molecule has 4 heteroatoms. The van der Waals surface area contributed by atoms with Gasteiger partial charge in [0.25, 0.3) is 0 Å². The van der Waals surface area contributed by atoms with Crippen LogP contribution in [-0.4, -0.2) is 30.5 Å². The van der Waals surface area contributed by atoms with Crippen LogP contribution in [0.3, 0.4) is 0 Å². The van der Waals surface area contributed by atoms with Gasteiger partial charge in [-0.1, -0.05) is 32.0 Å². The molecule has 1 fully saturated rings. The zero-order valence-corrected chi connectivity index (χ0v) is 13.4. The Hall–Kier alpha value is -1.55. The van der Waals surface area contributed by atoms with E-state index in [1.165, 1.54) is 0 Å². The third kappa shape index (κ3) is 3.56. The predicted octanol–water partition coefficient (Wildman–Crippen LogP) is 2.95. The summed E-state index contributed by atoms with van der Waals surface area (Å²) in [4.78, 5) is 14.3. The molecule has 0 radical (unpaired) electrons. The molecule has 0 aliphatic carbocycles. The van der Waals surface area contributed by atoms with Crippen LogP contribution in [0.5, 0.6) is 5.75 Å². The number of nitrogens with zero attached hydrogens (tertiary/aromatic N) is 1. The van der Waals surface area contributed by atoms with Crippen molar-refractivity contribution in [2.24, 2.45) is 5.92 Å². The van der Waals surface area contributed by atoms with Crippen LogP contribution in [0.25, 0.3) is 0 Å². The maximum atomic E-state index is 12.4. The summed E-state index contributed by atoms with van der Waals surface area (Å²) in [5.41, 5.74) is 1.03. The van der Waals surface area contributed by atoms with E-state index in [2.05, 4.69) is 19.2 Å². The number of amides is 1. The Bertz CT molecular complexity index is 487. The Morgan fingerprint density at radius 3 is 2.71 bits per heavy atom. The molecular weight excluding hydrogens is 264 g/mol. The van der Waals surface area contributed by atoms with Gasteiger partial charge in [-0.25, -0.2) is 0 Å². The number of nitrogens with one attached hydrogen (secondary N) is 1. The van der Waals surface area contributed by atoms with Gasteiger partial charge in [0, 0.05) is 12.1 Å². The smallest absolute Gasteiger partial charge is 0.241 e. The highest BCUT2D eigenvalue weighted by atomic mass is 16.5. The number of methoxy groups -OCH3 is 1. The van der Waals surface area contributed by atoms with Crippen LogP contribution in [0.1, 0.15) is 45.3 Å². The van der Waals surface area contributed by atoms with Gasteiger partial charge in [-0.15, -0.1) is 0 Å². The first kappa shape index (κ1) is 15.8. The van der Waals surface area contributed by atoms with E-state index in [0.717, 1.165) is 30.7 Å². The molecule has 1 amide bonds. The summed E-state index contributed by atoms with van der Waals surface area (Å²) in [6.07, 6.45) is 2.08. The summed E-state index contributed by atoms with van der Waals surface area (Å²) >= 11 is 0. The molecule has 1 aliphatic rings. The van der Waals surface area contributed by atoms with Gasteiger partial charge in [-0.05, 0) is 31.7 Å². The van der Waals surface area contributed by atoms with Gasteiger partial charge in [0.2, 0.25) is 5.91 Å². The first-order valence-corrected chi connectivity index (χ1v) is 7.74.